The van der Waals surface area contributed by atoms with Gasteiger partial charge in [-0.3, -0.25) is 0 Å². The van der Waals surface area contributed by atoms with Crippen LogP contribution >= 0.6 is 22.8 Å². The van der Waals surface area contributed by atoms with Crippen LogP contribution in [0.2, 0.25) is 0 Å². The molecule has 0 aliphatic heterocycles. The van der Waals surface area contributed by atoms with Crippen molar-refractivity contribution >= 4 is 48.9 Å². The van der Waals surface area contributed by atoms with Gasteiger partial charge in [0.05, 0.1) is 7.11 Å². The second-order valence-corrected chi connectivity index (χ2v) is 10.2. The van der Waals surface area contributed by atoms with E-state index in [1.807, 2.05) is 54.6 Å². The summed E-state index contributed by atoms with van der Waals surface area (Å²) in [5, 5.41) is 3.30. The van der Waals surface area contributed by atoms with Crippen LogP contribution in [0.5, 0.6) is 0 Å². The molecule has 0 aromatic heterocycles. The van der Waals surface area contributed by atoms with Crippen LogP contribution in [0.1, 0.15) is 0 Å². The molecule has 0 bridgehead atoms. The third kappa shape index (κ3) is 3.22. The molecular formula is C21H18BrO2P. The van der Waals surface area contributed by atoms with Crippen LogP contribution in [0.4, 0.5) is 0 Å². The van der Waals surface area contributed by atoms with E-state index in [2.05, 4.69) is 52.3 Å². The van der Waals surface area contributed by atoms with Crippen LogP contribution < -0.4 is 15.9 Å². The highest BCUT2D eigenvalue weighted by atomic mass is 79.9. The van der Waals surface area contributed by atoms with Gasteiger partial charge in [0.1, 0.15) is 4.20 Å². The van der Waals surface area contributed by atoms with Gasteiger partial charge < -0.3 is 4.74 Å². The third-order valence-corrected chi connectivity index (χ3v) is 9.99. The van der Waals surface area contributed by atoms with Crippen molar-refractivity contribution in [3.63, 3.8) is 0 Å². The molecule has 0 N–H and O–H groups in total. The minimum atomic E-state index is -2.36. The van der Waals surface area contributed by atoms with E-state index in [4.69, 9.17) is 4.74 Å². The van der Waals surface area contributed by atoms with Crippen LogP contribution in [-0.2, 0) is 9.53 Å². The van der Waals surface area contributed by atoms with Crippen molar-refractivity contribution in [3.8, 4) is 0 Å². The maximum Gasteiger partial charge on any atom is 0.345 e. The SMILES string of the molecule is COC(=O)C(Br)=P(c1ccccc1)(c1ccccc1)c1ccccc1. The number of hydrogen-bond acceptors (Lipinski definition) is 2. The molecule has 0 saturated carbocycles. The van der Waals surface area contributed by atoms with Crippen LogP contribution in [-0.4, -0.2) is 17.3 Å². The van der Waals surface area contributed by atoms with Crippen LogP contribution in [0.25, 0.3) is 0 Å². The fourth-order valence-electron chi connectivity index (χ4n) is 2.96. The van der Waals surface area contributed by atoms with Crippen molar-refractivity contribution in [3.05, 3.63) is 91.0 Å². The number of esters is 1. The molecule has 0 unspecified atom stereocenters. The fraction of sp³-hybridized carbons (Fsp3) is 0.0476. The quantitative estimate of drug-likeness (QED) is 0.482. The monoisotopic (exact) mass is 412 g/mol. The summed E-state index contributed by atoms with van der Waals surface area (Å²) >= 11 is 3.63. The number of carbonyl (C=O) groups excluding carboxylic acids is 1. The van der Waals surface area contributed by atoms with E-state index in [0.717, 1.165) is 15.9 Å². The van der Waals surface area contributed by atoms with Crippen molar-refractivity contribution < 1.29 is 9.53 Å². The number of carbonyl (C=O) groups is 1. The average molecular weight is 413 g/mol. The second-order valence-electron chi connectivity index (χ2n) is 5.46. The van der Waals surface area contributed by atoms with Gasteiger partial charge in [-0.1, -0.05) is 91.0 Å². The van der Waals surface area contributed by atoms with Gasteiger partial charge in [-0.05, 0) is 38.7 Å². The molecule has 0 spiro atoms. The fourth-order valence-corrected chi connectivity index (χ4v) is 8.77. The van der Waals surface area contributed by atoms with Crippen LogP contribution in [0.15, 0.2) is 91.0 Å². The van der Waals surface area contributed by atoms with Gasteiger partial charge in [0.2, 0.25) is 0 Å². The summed E-state index contributed by atoms with van der Waals surface area (Å²) in [5.41, 5.74) is 0. The normalized spacial score (nSPS) is 11.0. The zero-order valence-electron chi connectivity index (χ0n) is 13.8. The molecule has 25 heavy (non-hydrogen) atoms. The molecule has 0 fully saturated rings. The largest absolute Gasteiger partial charge is 0.465 e. The van der Waals surface area contributed by atoms with Crippen LogP contribution in [0, 0.1) is 0 Å². The predicted octanol–water partition coefficient (Wildman–Crippen LogP) is 3.68. The lowest BCUT2D eigenvalue weighted by Gasteiger charge is -2.29. The number of ether oxygens (including phenoxy) is 1. The van der Waals surface area contributed by atoms with Gasteiger partial charge in [-0.25, -0.2) is 4.79 Å². The summed E-state index contributed by atoms with van der Waals surface area (Å²) in [5.74, 6) is -0.343. The Morgan fingerprint density at radius 2 is 1.04 bits per heavy atom. The summed E-state index contributed by atoms with van der Waals surface area (Å²) in [6.45, 7) is -2.36. The van der Waals surface area contributed by atoms with E-state index in [-0.39, 0.29) is 5.97 Å². The summed E-state index contributed by atoms with van der Waals surface area (Å²) in [6.07, 6.45) is 0. The molecule has 2 nitrogen and oxygen atoms in total. The highest BCUT2D eigenvalue weighted by Crippen LogP contribution is 2.47. The molecule has 0 heterocycles. The predicted molar refractivity (Wildman–Crippen MR) is 111 cm³/mol. The van der Waals surface area contributed by atoms with E-state index < -0.39 is 6.89 Å². The zero-order chi connectivity index (χ0) is 17.7. The van der Waals surface area contributed by atoms with Gasteiger partial charge in [0.25, 0.3) is 0 Å². The Bertz CT molecular complexity index is 803. The highest BCUT2D eigenvalue weighted by Gasteiger charge is 2.32. The smallest absolute Gasteiger partial charge is 0.345 e. The van der Waals surface area contributed by atoms with Crippen LogP contribution in [0.3, 0.4) is 0 Å². The lowest BCUT2D eigenvalue weighted by atomic mass is 10.4. The van der Waals surface area contributed by atoms with Crippen molar-refractivity contribution in [1.29, 1.82) is 0 Å². The molecule has 4 heteroatoms. The summed E-state index contributed by atoms with van der Waals surface area (Å²) < 4.78 is 5.65. The Labute approximate surface area is 156 Å². The Balaban J connectivity index is 2.52. The number of methoxy groups -OCH3 is 1. The van der Waals surface area contributed by atoms with E-state index in [1.165, 1.54) is 7.11 Å². The Hall–Kier alpha value is -2.09. The number of rotatable bonds is 4. The molecule has 126 valence electrons. The van der Waals surface area contributed by atoms with E-state index in [0.29, 0.717) is 4.20 Å². The lowest BCUT2D eigenvalue weighted by molar-refractivity contribution is -0.132. The number of benzene rings is 3. The second kappa shape index (κ2) is 7.86. The van der Waals surface area contributed by atoms with Gasteiger partial charge in [0, 0.05) is 0 Å². The van der Waals surface area contributed by atoms with E-state index in [1.54, 1.807) is 0 Å². The molecule has 0 atom stereocenters. The van der Waals surface area contributed by atoms with Crippen molar-refractivity contribution in [2.45, 2.75) is 0 Å². The summed E-state index contributed by atoms with van der Waals surface area (Å²) in [7, 11) is 1.42. The Morgan fingerprint density at radius 1 is 0.720 bits per heavy atom. The first-order chi connectivity index (χ1) is 12.2. The van der Waals surface area contributed by atoms with E-state index in [9.17, 15) is 4.79 Å². The molecule has 0 aliphatic carbocycles. The minimum absolute atomic E-state index is 0.343. The van der Waals surface area contributed by atoms with Crippen molar-refractivity contribution in [1.82, 2.24) is 0 Å². The standard InChI is InChI=1S/C21H18BrO2P/c1-24-21(23)20(22)25(17-11-5-2-6-12-17,18-13-7-3-8-14-18)19-15-9-4-10-16-19/h2-16H,1H3. The lowest BCUT2D eigenvalue weighted by Crippen LogP contribution is -2.31. The molecule has 0 saturated heterocycles. The number of halogens is 1. The molecule has 0 radical (unpaired) electrons. The molecule has 3 aromatic carbocycles. The van der Waals surface area contributed by atoms with Crippen molar-refractivity contribution in [2.24, 2.45) is 0 Å². The van der Waals surface area contributed by atoms with Gasteiger partial charge in [0.15, 0.2) is 0 Å². The Kier molecular flexibility index (Phi) is 5.57. The number of hydrogen-bond donors (Lipinski definition) is 0. The highest BCUT2D eigenvalue weighted by molar-refractivity contribution is 9.20. The minimum Gasteiger partial charge on any atom is -0.465 e. The van der Waals surface area contributed by atoms with Crippen molar-refractivity contribution in [2.75, 3.05) is 7.11 Å². The topological polar surface area (TPSA) is 26.3 Å². The summed E-state index contributed by atoms with van der Waals surface area (Å²) in [6, 6.07) is 30.5. The summed E-state index contributed by atoms with van der Waals surface area (Å²) in [4.78, 5) is 12.6. The maximum atomic E-state index is 12.6. The maximum absolute atomic E-state index is 12.6. The van der Waals surface area contributed by atoms with Gasteiger partial charge in [-0.15, -0.1) is 0 Å². The first-order valence-electron chi connectivity index (χ1n) is 7.88. The third-order valence-electron chi connectivity index (χ3n) is 4.08. The molecule has 0 amide bonds. The molecule has 0 aliphatic rings. The first kappa shape index (κ1) is 17.7. The van der Waals surface area contributed by atoms with E-state index >= 15 is 0 Å². The first-order valence-corrected chi connectivity index (χ1v) is 10.5. The average Bonchev–Trinajstić information content (AvgIpc) is 2.70. The Morgan fingerprint density at radius 3 is 1.32 bits per heavy atom. The molecule has 3 rings (SSSR count). The zero-order valence-corrected chi connectivity index (χ0v) is 16.3. The molecular weight excluding hydrogens is 395 g/mol. The molecule has 3 aromatic rings. The van der Waals surface area contributed by atoms with Gasteiger partial charge in [-0.2, -0.15) is 0 Å². The van der Waals surface area contributed by atoms with Gasteiger partial charge >= 0.3 is 5.97 Å².